The van der Waals surface area contributed by atoms with Crippen LogP contribution in [0.3, 0.4) is 0 Å². The molecule has 0 spiro atoms. The summed E-state index contributed by atoms with van der Waals surface area (Å²) in [5.74, 6) is 5.71. The van der Waals surface area contributed by atoms with Gasteiger partial charge in [-0.15, -0.1) is 0 Å². The number of carbonyl (C=O) groups is 1. The molecular formula is C12H18N4O2. The van der Waals surface area contributed by atoms with E-state index in [0.717, 1.165) is 26.1 Å². The van der Waals surface area contributed by atoms with Crippen molar-refractivity contribution >= 4 is 11.6 Å². The Morgan fingerprint density at radius 1 is 1.50 bits per heavy atom. The Morgan fingerprint density at radius 2 is 2.28 bits per heavy atom. The highest BCUT2D eigenvalue weighted by Crippen LogP contribution is 2.15. The lowest BCUT2D eigenvalue weighted by atomic mass is 10.0. The molecule has 1 aliphatic rings. The van der Waals surface area contributed by atoms with Crippen LogP contribution in [0.4, 0.5) is 5.69 Å². The summed E-state index contributed by atoms with van der Waals surface area (Å²) in [6.07, 6.45) is 5.10. The number of aromatic nitrogens is 1. The Bertz CT molecular complexity index is 405. The topological polar surface area (TPSA) is 89.3 Å². The first-order valence-electron chi connectivity index (χ1n) is 6.08. The number of anilines is 1. The first-order chi connectivity index (χ1) is 8.81. The van der Waals surface area contributed by atoms with Crippen molar-refractivity contribution in [1.29, 1.82) is 0 Å². The van der Waals surface area contributed by atoms with Gasteiger partial charge in [0.1, 0.15) is 0 Å². The van der Waals surface area contributed by atoms with Crippen molar-refractivity contribution in [2.75, 3.05) is 25.2 Å². The quantitative estimate of drug-likeness (QED) is 0.535. The summed E-state index contributed by atoms with van der Waals surface area (Å²) in [7, 11) is 0. The molecule has 1 saturated heterocycles. The minimum absolute atomic E-state index is 0.128. The third-order valence-electron chi connectivity index (χ3n) is 3.11. The lowest BCUT2D eigenvalue weighted by molar-refractivity contribution is 0.0643. The Morgan fingerprint density at radius 3 is 3.00 bits per heavy atom. The second-order valence-electron chi connectivity index (χ2n) is 4.33. The normalized spacial score (nSPS) is 16.3. The van der Waals surface area contributed by atoms with Crippen LogP contribution in [0.1, 0.15) is 23.2 Å². The number of hydrogen-bond donors (Lipinski definition) is 3. The summed E-state index contributed by atoms with van der Waals surface area (Å²) in [4.78, 5) is 15.9. The largest absolute Gasteiger partial charge is 0.381 e. The molecule has 0 atom stereocenters. The van der Waals surface area contributed by atoms with Crippen molar-refractivity contribution in [3.05, 3.63) is 24.0 Å². The van der Waals surface area contributed by atoms with Gasteiger partial charge < -0.3 is 15.5 Å². The van der Waals surface area contributed by atoms with Crippen LogP contribution < -0.4 is 16.6 Å². The Balaban J connectivity index is 1.90. The van der Waals surface area contributed by atoms with Crippen LogP contribution in [0.2, 0.25) is 0 Å². The van der Waals surface area contributed by atoms with Crippen LogP contribution >= 0.6 is 0 Å². The molecule has 0 radical (unpaired) electrons. The minimum atomic E-state index is -0.128. The van der Waals surface area contributed by atoms with Gasteiger partial charge in [-0.3, -0.25) is 15.6 Å². The molecule has 2 rings (SSSR count). The number of rotatable bonds is 4. The van der Waals surface area contributed by atoms with E-state index < -0.39 is 0 Å². The number of amides is 1. The molecule has 1 aliphatic heterocycles. The van der Waals surface area contributed by atoms with Crippen LogP contribution in [0.5, 0.6) is 0 Å². The summed E-state index contributed by atoms with van der Waals surface area (Å²) in [6.45, 7) is 2.24. The highest BCUT2D eigenvalue weighted by molar-refractivity contribution is 5.99. The number of hydrazine groups is 1. The number of carbonyl (C=O) groups excluding carboxylic acids is 1. The van der Waals surface area contributed by atoms with E-state index >= 15 is 0 Å². The fourth-order valence-electron chi connectivity index (χ4n) is 1.99. The standard InChI is InChI=1S/C12H18N4O2/c13-16-11-8-14-4-1-10(11)12(17)15-7-9-2-5-18-6-3-9/h1,4,8-9,16H,2-3,5-7,13H2,(H,15,17). The lowest BCUT2D eigenvalue weighted by Crippen LogP contribution is -2.32. The van der Waals surface area contributed by atoms with Gasteiger partial charge in [0.2, 0.25) is 0 Å². The fraction of sp³-hybridized carbons (Fsp3) is 0.500. The van der Waals surface area contributed by atoms with Gasteiger partial charge in [0.25, 0.3) is 5.91 Å². The van der Waals surface area contributed by atoms with E-state index in [9.17, 15) is 4.79 Å². The molecule has 0 aliphatic carbocycles. The van der Waals surface area contributed by atoms with Gasteiger partial charge in [-0.1, -0.05) is 0 Å². The van der Waals surface area contributed by atoms with E-state index in [-0.39, 0.29) is 5.91 Å². The van der Waals surface area contributed by atoms with Gasteiger partial charge in [-0.05, 0) is 24.8 Å². The molecular weight excluding hydrogens is 232 g/mol. The number of nitrogen functional groups attached to an aromatic ring is 1. The SMILES string of the molecule is NNc1cnccc1C(=O)NCC1CCOCC1. The zero-order chi connectivity index (χ0) is 12.8. The van der Waals surface area contributed by atoms with E-state index in [4.69, 9.17) is 10.6 Å². The van der Waals surface area contributed by atoms with Crippen molar-refractivity contribution in [2.45, 2.75) is 12.8 Å². The fourth-order valence-corrected chi connectivity index (χ4v) is 1.99. The summed E-state index contributed by atoms with van der Waals surface area (Å²) >= 11 is 0. The molecule has 6 heteroatoms. The maximum Gasteiger partial charge on any atom is 0.253 e. The van der Waals surface area contributed by atoms with Crippen LogP contribution in [0, 0.1) is 5.92 Å². The first-order valence-corrected chi connectivity index (χ1v) is 6.08. The van der Waals surface area contributed by atoms with Crippen LogP contribution in [-0.2, 0) is 4.74 Å². The molecule has 6 nitrogen and oxygen atoms in total. The van der Waals surface area contributed by atoms with Gasteiger partial charge in [0.15, 0.2) is 0 Å². The minimum Gasteiger partial charge on any atom is -0.381 e. The number of pyridine rings is 1. The van der Waals surface area contributed by atoms with E-state index in [2.05, 4.69) is 15.7 Å². The maximum absolute atomic E-state index is 12.0. The molecule has 1 fully saturated rings. The van der Waals surface area contributed by atoms with Gasteiger partial charge in [-0.25, -0.2) is 0 Å². The molecule has 4 N–H and O–H groups in total. The van der Waals surface area contributed by atoms with Crippen LogP contribution in [-0.4, -0.2) is 30.6 Å². The van der Waals surface area contributed by atoms with Crippen LogP contribution in [0.15, 0.2) is 18.5 Å². The van der Waals surface area contributed by atoms with E-state index in [0.29, 0.717) is 23.7 Å². The summed E-state index contributed by atoms with van der Waals surface area (Å²) in [5, 5.41) is 2.93. The average molecular weight is 250 g/mol. The molecule has 0 saturated carbocycles. The molecule has 98 valence electrons. The van der Waals surface area contributed by atoms with Crippen molar-refractivity contribution in [1.82, 2.24) is 10.3 Å². The first kappa shape index (κ1) is 12.8. The molecule has 18 heavy (non-hydrogen) atoms. The highest BCUT2D eigenvalue weighted by Gasteiger charge is 2.16. The zero-order valence-corrected chi connectivity index (χ0v) is 10.2. The van der Waals surface area contributed by atoms with Gasteiger partial charge in [0.05, 0.1) is 17.4 Å². The second kappa shape index (κ2) is 6.32. The van der Waals surface area contributed by atoms with Gasteiger partial charge in [0, 0.05) is 26.0 Å². The molecule has 1 aromatic heterocycles. The second-order valence-corrected chi connectivity index (χ2v) is 4.33. The maximum atomic E-state index is 12.0. The Kier molecular flexibility index (Phi) is 4.49. The number of ether oxygens (including phenoxy) is 1. The molecule has 0 unspecified atom stereocenters. The molecule has 1 aromatic rings. The third-order valence-corrected chi connectivity index (χ3v) is 3.11. The molecule has 0 aromatic carbocycles. The predicted octanol–water partition coefficient (Wildman–Crippen LogP) is 0.524. The summed E-state index contributed by atoms with van der Waals surface area (Å²) < 4.78 is 5.28. The zero-order valence-electron chi connectivity index (χ0n) is 10.2. The molecule has 0 bridgehead atoms. The number of nitrogens with one attached hydrogen (secondary N) is 2. The van der Waals surface area contributed by atoms with E-state index in [1.807, 2.05) is 0 Å². The monoisotopic (exact) mass is 250 g/mol. The lowest BCUT2D eigenvalue weighted by Gasteiger charge is -2.22. The number of hydrogen-bond acceptors (Lipinski definition) is 5. The summed E-state index contributed by atoms with van der Waals surface area (Å²) in [5.41, 5.74) is 3.51. The number of nitrogens with two attached hydrogens (primary N) is 1. The average Bonchev–Trinajstić information content (AvgIpc) is 2.45. The van der Waals surface area contributed by atoms with E-state index in [1.54, 1.807) is 12.3 Å². The van der Waals surface area contributed by atoms with Crippen molar-refractivity contribution in [2.24, 2.45) is 11.8 Å². The summed E-state index contributed by atoms with van der Waals surface area (Å²) in [6, 6.07) is 1.65. The molecule has 1 amide bonds. The highest BCUT2D eigenvalue weighted by atomic mass is 16.5. The molecule has 2 heterocycles. The van der Waals surface area contributed by atoms with Crippen molar-refractivity contribution < 1.29 is 9.53 Å². The van der Waals surface area contributed by atoms with Gasteiger partial charge >= 0.3 is 0 Å². The smallest absolute Gasteiger partial charge is 0.253 e. The van der Waals surface area contributed by atoms with Crippen molar-refractivity contribution in [3.63, 3.8) is 0 Å². The number of nitrogens with zero attached hydrogens (tertiary/aromatic N) is 1. The van der Waals surface area contributed by atoms with Gasteiger partial charge in [-0.2, -0.15) is 0 Å². The van der Waals surface area contributed by atoms with E-state index in [1.165, 1.54) is 6.20 Å². The van der Waals surface area contributed by atoms with Crippen molar-refractivity contribution in [3.8, 4) is 0 Å². The Labute approximate surface area is 106 Å². The predicted molar refractivity (Wildman–Crippen MR) is 67.9 cm³/mol. The Hall–Kier alpha value is -1.66. The van der Waals surface area contributed by atoms with Crippen LogP contribution in [0.25, 0.3) is 0 Å². The third kappa shape index (κ3) is 3.18.